The van der Waals surface area contributed by atoms with Crippen LogP contribution in [0.1, 0.15) is 6.92 Å². The Morgan fingerprint density at radius 1 is 1.40 bits per heavy atom. The van der Waals surface area contributed by atoms with Gasteiger partial charge in [0.15, 0.2) is 0 Å². The lowest BCUT2D eigenvalue weighted by molar-refractivity contribution is -0.173. The molecule has 0 aliphatic carbocycles. The van der Waals surface area contributed by atoms with E-state index in [0.29, 0.717) is 0 Å². The molecule has 0 radical (unpaired) electrons. The summed E-state index contributed by atoms with van der Waals surface area (Å²) < 4.78 is 47.5. The number of hydrogen-bond donors (Lipinski definition) is 2. The molecule has 0 saturated carbocycles. The fourth-order valence-corrected chi connectivity index (χ4v) is 0.701. The molecule has 2 N–H and O–H groups in total. The lowest BCUT2D eigenvalue weighted by atomic mass is 10.1. The summed E-state index contributed by atoms with van der Waals surface area (Å²) in [6, 6.07) is 0. The third kappa shape index (κ3) is 4.61. The van der Waals surface area contributed by atoms with Crippen LogP contribution in [-0.4, -0.2) is 35.9 Å². The molecule has 0 aliphatic heterocycles. The zero-order valence-electron chi connectivity index (χ0n) is 7.64. The highest BCUT2D eigenvalue weighted by molar-refractivity contribution is 5.81. The highest BCUT2D eigenvalue weighted by Gasteiger charge is 2.39. The highest BCUT2D eigenvalue weighted by atomic mass is 19.4. The molecular formula is C7H9F4NO3. The average molecular weight is 231 g/mol. The second-order valence-corrected chi connectivity index (χ2v) is 2.93. The predicted molar refractivity (Wildman–Crippen MR) is 40.8 cm³/mol. The Morgan fingerprint density at radius 3 is 2.20 bits per heavy atom. The number of carbonyl (C=O) groups is 2. The van der Waals surface area contributed by atoms with E-state index >= 15 is 0 Å². The van der Waals surface area contributed by atoms with E-state index in [0.717, 1.165) is 6.92 Å². The van der Waals surface area contributed by atoms with Gasteiger partial charge in [0.1, 0.15) is 0 Å². The zero-order chi connectivity index (χ0) is 12.2. The monoisotopic (exact) mass is 231 g/mol. The van der Waals surface area contributed by atoms with Gasteiger partial charge >= 0.3 is 18.1 Å². The minimum absolute atomic E-state index is 0.689. The summed E-state index contributed by atoms with van der Waals surface area (Å²) >= 11 is 0. The Morgan fingerprint density at radius 2 is 1.87 bits per heavy atom. The van der Waals surface area contributed by atoms with Crippen molar-refractivity contribution in [3.63, 3.8) is 0 Å². The van der Waals surface area contributed by atoms with Gasteiger partial charge in [-0.25, -0.2) is 9.18 Å². The van der Waals surface area contributed by atoms with E-state index in [-0.39, 0.29) is 0 Å². The molecule has 4 nitrogen and oxygen atoms in total. The number of aliphatic carboxylic acids is 1. The molecular weight excluding hydrogens is 222 g/mol. The van der Waals surface area contributed by atoms with Crippen molar-refractivity contribution >= 4 is 11.9 Å². The topological polar surface area (TPSA) is 66.4 Å². The molecule has 0 fully saturated rings. The lowest BCUT2D eigenvalue weighted by Gasteiger charge is -2.14. The van der Waals surface area contributed by atoms with Gasteiger partial charge in [0.2, 0.25) is 6.17 Å². The summed E-state index contributed by atoms with van der Waals surface area (Å²) in [5.74, 6) is -5.22. The van der Waals surface area contributed by atoms with Crippen LogP contribution in [-0.2, 0) is 9.59 Å². The fraction of sp³-hybridized carbons (Fsp3) is 0.714. The second kappa shape index (κ2) is 4.94. The van der Waals surface area contributed by atoms with E-state index in [1.165, 1.54) is 5.32 Å². The number of nitrogens with one attached hydrogen (secondary N) is 1. The molecule has 15 heavy (non-hydrogen) atoms. The normalized spacial score (nSPS) is 15.5. The van der Waals surface area contributed by atoms with Crippen LogP contribution in [0.5, 0.6) is 0 Å². The minimum Gasteiger partial charge on any atom is -0.479 e. The average Bonchev–Trinajstić information content (AvgIpc) is 2.10. The van der Waals surface area contributed by atoms with E-state index in [1.807, 2.05) is 0 Å². The van der Waals surface area contributed by atoms with Crippen molar-refractivity contribution in [2.24, 2.45) is 5.92 Å². The number of rotatable bonds is 4. The first kappa shape index (κ1) is 13.7. The Bertz CT molecular complexity index is 253. The molecule has 0 aromatic carbocycles. The molecule has 0 heterocycles. The lowest BCUT2D eigenvalue weighted by Crippen LogP contribution is -2.41. The van der Waals surface area contributed by atoms with Gasteiger partial charge in [-0.15, -0.1) is 0 Å². The van der Waals surface area contributed by atoms with Crippen LogP contribution >= 0.6 is 0 Å². The Labute approximate surface area is 82.3 Å². The van der Waals surface area contributed by atoms with Gasteiger partial charge in [-0.3, -0.25) is 4.79 Å². The number of alkyl halides is 4. The van der Waals surface area contributed by atoms with Crippen molar-refractivity contribution in [1.29, 1.82) is 0 Å². The standard InChI is InChI=1S/C7H9F4NO3/c1-3(4(8)5(13)14)2-12-6(15)7(9,10)11/h3-4H,2H2,1H3,(H,12,15)(H,13,14). The summed E-state index contributed by atoms with van der Waals surface area (Å²) in [5.41, 5.74) is 0. The number of halogens is 4. The van der Waals surface area contributed by atoms with Crippen LogP contribution in [0.2, 0.25) is 0 Å². The molecule has 8 heteroatoms. The first-order chi connectivity index (χ1) is 6.66. The SMILES string of the molecule is CC(CNC(=O)C(F)(F)F)C(F)C(=O)O. The van der Waals surface area contributed by atoms with Gasteiger partial charge in [-0.05, 0) is 0 Å². The smallest absolute Gasteiger partial charge is 0.471 e. The van der Waals surface area contributed by atoms with Gasteiger partial charge in [0, 0.05) is 12.5 Å². The van der Waals surface area contributed by atoms with Gasteiger partial charge in [0.05, 0.1) is 0 Å². The Hall–Kier alpha value is -1.34. The quantitative estimate of drug-likeness (QED) is 0.701. The Kier molecular flexibility index (Phi) is 4.50. The van der Waals surface area contributed by atoms with Crippen LogP contribution in [0.3, 0.4) is 0 Å². The molecule has 0 saturated heterocycles. The van der Waals surface area contributed by atoms with Crippen LogP contribution in [0.25, 0.3) is 0 Å². The molecule has 0 spiro atoms. The third-order valence-electron chi connectivity index (χ3n) is 1.58. The van der Waals surface area contributed by atoms with Gasteiger partial charge in [-0.2, -0.15) is 13.2 Å². The zero-order valence-corrected chi connectivity index (χ0v) is 7.64. The van der Waals surface area contributed by atoms with E-state index in [9.17, 15) is 27.2 Å². The minimum atomic E-state index is -5.05. The van der Waals surface area contributed by atoms with Crippen LogP contribution in [0.4, 0.5) is 17.6 Å². The molecule has 0 rings (SSSR count). The third-order valence-corrected chi connectivity index (χ3v) is 1.58. The van der Waals surface area contributed by atoms with E-state index in [1.54, 1.807) is 0 Å². The van der Waals surface area contributed by atoms with Crippen molar-refractivity contribution < 1.29 is 32.3 Å². The summed E-state index contributed by atoms with van der Waals surface area (Å²) in [6.45, 7) is 0.390. The van der Waals surface area contributed by atoms with Crippen molar-refractivity contribution in [2.45, 2.75) is 19.3 Å². The summed E-state index contributed by atoms with van der Waals surface area (Å²) in [6.07, 6.45) is -7.35. The first-order valence-electron chi connectivity index (χ1n) is 3.88. The number of carboxylic acids is 1. The maximum atomic E-state index is 12.6. The molecule has 0 aliphatic rings. The van der Waals surface area contributed by atoms with Gasteiger partial charge in [0.25, 0.3) is 0 Å². The molecule has 0 aromatic rings. The highest BCUT2D eigenvalue weighted by Crippen LogP contribution is 2.14. The van der Waals surface area contributed by atoms with Crippen LogP contribution < -0.4 is 5.32 Å². The van der Waals surface area contributed by atoms with Gasteiger partial charge < -0.3 is 10.4 Å². The van der Waals surface area contributed by atoms with E-state index in [2.05, 4.69) is 0 Å². The molecule has 88 valence electrons. The van der Waals surface area contributed by atoms with Crippen LogP contribution in [0.15, 0.2) is 0 Å². The number of amides is 1. The fourth-order valence-electron chi connectivity index (χ4n) is 0.701. The first-order valence-corrected chi connectivity index (χ1v) is 3.88. The van der Waals surface area contributed by atoms with E-state index in [4.69, 9.17) is 5.11 Å². The van der Waals surface area contributed by atoms with Gasteiger partial charge in [-0.1, -0.05) is 6.92 Å². The molecule has 0 aromatic heterocycles. The van der Waals surface area contributed by atoms with Crippen molar-refractivity contribution in [1.82, 2.24) is 5.32 Å². The predicted octanol–water partition coefficient (Wildman–Crippen LogP) is 0.724. The largest absolute Gasteiger partial charge is 0.479 e. The molecule has 2 unspecified atom stereocenters. The maximum Gasteiger partial charge on any atom is 0.471 e. The number of carbonyl (C=O) groups excluding carboxylic acids is 1. The Balaban J connectivity index is 4.07. The van der Waals surface area contributed by atoms with E-state index < -0.39 is 36.7 Å². The van der Waals surface area contributed by atoms with Crippen molar-refractivity contribution in [3.05, 3.63) is 0 Å². The van der Waals surface area contributed by atoms with Crippen LogP contribution in [0, 0.1) is 5.92 Å². The summed E-state index contributed by atoms with van der Waals surface area (Å²) in [7, 11) is 0. The summed E-state index contributed by atoms with van der Waals surface area (Å²) in [4.78, 5) is 20.3. The molecule has 1 amide bonds. The van der Waals surface area contributed by atoms with Crippen molar-refractivity contribution in [2.75, 3.05) is 6.54 Å². The number of carboxylic acid groups (broad SMARTS) is 1. The second-order valence-electron chi connectivity index (χ2n) is 2.93. The molecule has 2 atom stereocenters. The number of hydrogen-bond acceptors (Lipinski definition) is 2. The maximum absolute atomic E-state index is 12.6. The molecule has 0 bridgehead atoms. The van der Waals surface area contributed by atoms with Crippen molar-refractivity contribution in [3.8, 4) is 0 Å². The summed E-state index contributed by atoms with van der Waals surface area (Å²) in [5, 5.41) is 9.56.